The lowest BCUT2D eigenvalue weighted by atomic mass is 9.92. The third-order valence-corrected chi connectivity index (χ3v) is 5.27. The molecule has 2 aliphatic rings. The molecule has 158 valence electrons. The molecule has 3 rings (SSSR count). The quantitative estimate of drug-likeness (QED) is 0.638. The topological polar surface area (TPSA) is 74.7 Å². The average molecular weight is 407 g/mol. The van der Waals surface area contributed by atoms with Gasteiger partial charge in [-0.1, -0.05) is 0 Å². The first-order valence-electron chi connectivity index (χ1n) is 9.82. The van der Waals surface area contributed by atoms with Crippen LogP contribution in [0.1, 0.15) is 37.3 Å². The van der Waals surface area contributed by atoms with Gasteiger partial charge in [0.2, 0.25) is 0 Å². The summed E-state index contributed by atoms with van der Waals surface area (Å²) < 4.78 is 37.2. The molecule has 0 saturated heterocycles. The normalized spacial score (nSPS) is 19.0. The van der Waals surface area contributed by atoms with E-state index in [1.165, 1.54) is 18.2 Å². The summed E-state index contributed by atoms with van der Waals surface area (Å²) in [7, 11) is 1.32. The van der Waals surface area contributed by atoms with Crippen LogP contribution in [0.5, 0.6) is 5.75 Å². The fourth-order valence-electron chi connectivity index (χ4n) is 3.47. The smallest absolute Gasteiger partial charge is 0.414 e. The van der Waals surface area contributed by atoms with E-state index in [1.807, 2.05) is 6.92 Å². The summed E-state index contributed by atoms with van der Waals surface area (Å²) in [6.45, 7) is -0.0237. The Labute approximate surface area is 169 Å². The maximum Gasteiger partial charge on any atom is 0.414 e. The maximum atomic E-state index is 13.3. The monoisotopic (exact) mass is 407 g/mol. The van der Waals surface area contributed by atoms with Crippen LogP contribution in [0.25, 0.3) is 5.57 Å². The molecular weight excluding hydrogens is 380 g/mol. The average Bonchev–Trinajstić information content (AvgIpc) is 3.56. The number of carbonyl (C=O) groups is 1. The van der Waals surface area contributed by atoms with E-state index >= 15 is 0 Å². The Kier molecular flexibility index (Phi) is 6.71. The van der Waals surface area contributed by atoms with Crippen molar-refractivity contribution in [3.05, 3.63) is 29.5 Å². The van der Waals surface area contributed by atoms with Gasteiger partial charge in [0.15, 0.2) is 6.10 Å². The number of rotatable bonds is 8. The molecule has 1 atom stereocenters. The SMILES string of the molecule is COC(=O)N1c2ccc(/C(C=N)=C/NC3CC3)c(OC(CF)CF)c2CC[C@@H]1C. The van der Waals surface area contributed by atoms with Crippen molar-refractivity contribution < 1.29 is 23.0 Å². The Morgan fingerprint density at radius 2 is 2.07 bits per heavy atom. The van der Waals surface area contributed by atoms with E-state index in [0.29, 0.717) is 47.0 Å². The second-order valence-corrected chi connectivity index (χ2v) is 7.40. The van der Waals surface area contributed by atoms with E-state index in [1.54, 1.807) is 18.3 Å². The molecule has 1 fully saturated rings. The molecule has 1 amide bonds. The lowest BCUT2D eigenvalue weighted by Crippen LogP contribution is -2.42. The van der Waals surface area contributed by atoms with Gasteiger partial charge in [-0.15, -0.1) is 0 Å². The maximum absolute atomic E-state index is 13.3. The van der Waals surface area contributed by atoms with Gasteiger partial charge in [0.1, 0.15) is 19.1 Å². The highest BCUT2D eigenvalue weighted by molar-refractivity contribution is 6.10. The molecule has 1 heterocycles. The third kappa shape index (κ3) is 4.52. The largest absolute Gasteiger partial charge is 0.484 e. The molecule has 1 aliphatic heterocycles. The minimum Gasteiger partial charge on any atom is -0.484 e. The number of allylic oxidation sites excluding steroid dienone is 1. The van der Waals surface area contributed by atoms with E-state index in [4.69, 9.17) is 14.9 Å². The second-order valence-electron chi connectivity index (χ2n) is 7.40. The number of hydrogen-bond acceptors (Lipinski definition) is 5. The third-order valence-electron chi connectivity index (χ3n) is 5.27. The van der Waals surface area contributed by atoms with Gasteiger partial charge in [-0.25, -0.2) is 13.6 Å². The lowest BCUT2D eigenvalue weighted by molar-refractivity contribution is 0.132. The number of fused-ring (bicyclic) bond motifs is 1. The number of nitrogens with zero attached hydrogens (tertiary/aromatic N) is 1. The fourth-order valence-corrected chi connectivity index (χ4v) is 3.47. The summed E-state index contributed by atoms with van der Waals surface area (Å²) in [6.07, 6.45) is 4.58. The number of benzene rings is 1. The Balaban J connectivity index is 2.10. The van der Waals surface area contributed by atoms with Crippen LogP contribution in [0.4, 0.5) is 19.3 Å². The van der Waals surface area contributed by atoms with Crippen LogP contribution in [-0.4, -0.2) is 51.0 Å². The second kappa shape index (κ2) is 9.24. The molecule has 0 unspecified atom stereocenters. The molecule has 8 heteroatoms. The van der Waals surface area contributed by atoms with Gasteiger partial charge < -0.3 is 20.2 Å². The highest BCUT2D eigenvalue weighted by atomic mass is 19.1. The number of methoxy groups -OCH3 is 1. The number of hydrogen-bond donors (Lipinski definition) is 2. The summed E-state index contributed by atoms with van der Waals surface area (Å²) in [5.74, 6) is 0.316. The van der Waals surface area contributed by atoms with Crippen molar-refractivity contribution >= 4 is 23.6 Å². The summed E-state index contributed by atoms with van der Waals surface area (Å²) in [6, 6.07) is 3.81. The van der Waals surface area contributed by atoms with Crippen LogP contribution in [-0.2, 0) is 11.2 Å². The predicted octanol–water partition coefficient (Wildman–Crippen LogP) is 4.02. The summed E-state index contributed by atoms with van der Waals surface area (Å²) >= 11 is 0. The molecule has 0 spiro atoms. The van der Waals surface area contributed by atoms with Crippen LogP contribution >= 0.6 is 0 Å². The minimum atomic E-state index is -1.24. The number of halogens is 2. The Bertz CT molecular complexity index is 792. The molecule has 1 aliphatic carbocycles. The Hall–Kier alpha value is -2.64. The molecule has 2 N–H and O–H groups in total. The van der Waals surface area contributed by atoms with Gasteiger partial charge in [-0.3, -0.25) is 4.90 Å². The zero-order valence-corrected chi connectivity index (χ0v) is 16.7. The van der Waals surface area contributed by atoms with Gasteiger partial charge >= 0.3 is 6.09 Å². The zero-order valence-electron chi connectivity index (χ0n) is 16.7. The highest BCUT2D eigenvalue weighted by Crippen LogP contribution is 2.42. The first-order chi connectivity index (χ1) is 14.0. The van der Waals surface area contributed by atoms with Crippen molar-refractivity contribution in [2.75, 3.05) is 25.4 Å². The van der Waals surface area contributed by atoms with E-state index in [-0.39, 0.29) is 6.04 Å². The highest BCUT2D eigenvalue weighted by Gasteiger charge is 2.33. The molecule has 29 heavy (non-hydrogen) atoms. The zero-order chi connectivity index (χ0) is 21.0. The van der Waals surface area contributed by atoms with Crippen molar-refractivity contribution in [2.45, 2.75) is 50.8 Å². The first-order valence-corrected chi connectivity index (χ1v) is 9.82. The number of carbonyl (C=O) groups excluding carboxylic acids is 1. The molecule has 0 bridgehead atoms. The molecule has 1 aromatic rings. The van der Waals surface area contributed by atoms with Crippen LogP contribution in [0, 0.1) is 5.41 Å². The van der Waals surface area contributed by atoms with Gasteiger partial charge in [-0.2, -0.15) is 0 Å². The van der Waals surface area contributed by atoms with Crippen LogP contribution in [0.15, 0.2) is 18.3 Å². The molecule has 1 aromatic carbocycles. The van der Waals surface area contributed by atoms with Crippen LogP contribution < -0.4 is 15.0 Å². The summed E-state index contributed by atoms with van der Waals surface area (Å²) in [5.41, 5.74) is 2.41. The van der Waals surface area contributed by atoms with Gasteiger partial charge in [0.25, 0.3) is 0 Å². The van der Waals surface area contributed by atoms with Crippen molar-refractivity contribution in [1.82, 2.24) is 5.32 Å². The molecule has 0 aromatic heterocycles. The fraction of sp³-hybridized carbons (Fsp3) is 0.524. The van der Waals surface area contributed by atoms with Crippen LogP contribution in [0.2, 0.25) is 0 Å². The van der Waals surface area contributed by atoms with Crippen molar-refractivity contribution in [3.8, 4) is 5.75 Å². The van der Waals surface area contributed by atoms with Crippen LogP contribution in [0.3, 0.4) is 0 Å². The van der Waals surface area contributed by atoms with E-state index in [0.717, 1.165) is 12.8 Å². The molecule has 0 radical (unpaired) electrons. The molecule has 1 saturated carbocycles. The van der Waals surface area contributed by atoms with Crippen molar-refractivity contribution in [2.24, 2.45) is 0 Å². The lowest BCUT2D eigenvalue weighted by Gasteiger charge is -2.35. The number of ether oxygens (including phenoxy) is 2. The number of anilines is 1. The Morgan fingerprint density at radius 1 is 1.34 bits per heavy atom. The number of alkyl halides is 2. The van der Waals surface area contributed by atoms with Crippen molar-refractivity contribution in [3.63, 3.8) is 0 Å². The number of nitrogens with one attached hydrogen (secondary N) is 2. The first kappa shape index (κ1) is 21.1. The predicted molar refractivity (Wildman–Crippen MR) is 108 cm³/mol. The van der Waals surface area contributed by atoms with Gasteiger partial charge in [0, 0.05) is 41.2 Å². The van der Waals surface area contributed by atoms with Crippen molar-refractivity contribution in [1.29, 1.82) is 5.41 Å². The van der Waals surface area contributed by atoms with E-state index in [9.17, 15) is 13.6 Å². The van der Waals surface area contributed by atoms with E-state index < -0.39 is 25.5 Å². The number of amides is 1. The van der Waals surface area contributed by atoms with E-state index in [2.05, 4.69) is 5.32 Å². The van der Waals surface area contributed by atoms with Gasteiger partial charge in [-0.05, 0) is 44.7 Å². The standard InChI is InChI=1S/C21H27F2N3O3/c1-13-3-6-18-19(26(13)21(27)28-2)8-7-17(20(18)29-16(9-22)10-23)14(11-24)12-25-15-4-5-15/h7-8,11-13,15-16,24-25H,3-6,9-10H2,1-2H3/b14-12+,24-11?/t13-/m0/s1. The molecule has 6 nitrogen and oxygen atoms in total. The summed E-state index contributed by atoms with van der Waals surface area (Å²) in [5, 5.41) is 11.1. The van der Waals surface area contributed by atoms with Gasteiger partial charge in [0.05, 0.1) is 12.8 Å². The summed E-state index contributed by atoms with van der Waals surface area (Å²) in [4.78, 5) is 13.9. The Morgan fingerprint density at radius 3 is 2.66 bits per heavy atom. The molecular formula is C21H27F2N3O3. The minimum absolute atomic E-state index is 0.0823.